The molecular weight excluding hydrogens is 276 g/mol. The van der Waals surface area contributed by atoms with E-state index in [4.69, 9.17) is 0 Å². The third-order valence-electron chi connectivity index (χ3n) is 6.15. The lowest BCUT2D eigenvalue weighted by atomic mass is 9.87. The average Bonchev–Trinajstić information content (AvgIpc) is 3.09. The molecule has 0 aromatic rings. The van der Waals surface area contributed by atoms with Crippen molar-refractivity contribution in [2.45, 2.75) is 88.6 Å². The van der Waals surface area contributed by atoms with E-state index < -0.39 is 0 Å². The fraction of sp³-hybridized carbons (Fsp3) is 1.00. The molecule has 0 radical (unpaired) electrons. The van der Waals surface area contributed by atoms with Gasteiger partial charge in [0.05, 0.1) is 0 Å². The highest BCUT2D eigenvalue weighted by atomic mass is 32.2. The zero-order valence-corrected chi connectivity index (χ0v) is 15.1. The van der Waals surface area contributed by atoms with Crippen LogP contribution in [0, 0.1) is 5.92 Å². The molecule has 21 heavy (non-hydrogen) atoms. The summed E-state index contributed by atoms with van der Waals surface area (Å²) in [7, 11) is 0. The number of hydrogen-bond donors (Lipinski definition) is 1. The molecule has 0 bridgehead atoms. The van der Waals surface area contributed by atoms with Gasteiger partial charge in [0.15, 0.2) is 0 Å². The van der Waals surface area contributed by atoms with E-state index >= 15 is 0 Å². The molecule has 1 heterocycles. The molecule has 1 saturated heterocycles. The van der Waals surface area contributed by atoms with Gasteiger partial charge in [-0.1, -0.05) is 40.0 Å². The van der Waals surface area contributed by atoms with Gasteiger partial charge in [0.25, 0.3) is 0 Å². The van der Waals surface area contributed by atoms with E-state index in [9.17, 15) is 0 Å². The molecule has 3 atom stereocenters. The molecule has 2 nitrogen and oxygen atoms in total. The molecule has 2 aliphatic carbocycles. The van der Waals surface area contributed by atoms with E-state index in [1.165, 1.54) is 63.8 Å². The lowest BCUT2D eigenvalue weighted by Gasteiger charge is -2.51. The molecule has 3 heteroatoms. The number of nitrogens with one attached hydrogen (secondary N) is 1. The lowest BCUT2D eigenvalue weighted by Crippen LogP contribution is -2.67. The molecule has 2 saturated carbocycles. The van der Waals surface area contributed by atoms with Gasteiger partial charge in [0, 0.05) is 36.0 Å². The maximum absolute atomic E-state index is 3.98. The lowest BCUT2D eigenvalue weighted by molar-refractivity contribution is 0.0254. The highest BCUT2D eigenvalue weighted by molar-refractivity contribution is 7.99. The molecule has 1 N–H and O–H groups in total. The van der Waals surface area contributed by atoms with Crippen LogP contribution in [0.15, 0.2) is 0 Å². The summed E-state index contributed by atoms with van der Waals surface area (Å²) in [6.45, 7) is 9.71. The van der Waals surface area contributed by atoms with Crippen molar-refractivity contribution in [1.29, 1.82) is 0 Å². The predicted octanol–water partition coefficient (Wildman–Crippen LogP) is 3.90. The van der Waals surface area contributed by atoms with Crippen LogP contribution in [0.4, 0.5) is 0 Å². The maximum Gasteiger partial charge on any atom is 0.0309 e. The summed E-state index contributed by atoms with van der Waals surface area (Å²) < 4.78 is 0. The highest BCUT2D eigenvalue weighted by Gasteiger charge is 2.46. The minimum Gasteiger partial charge on any atom is -0.308 e. The first-order chi connectivity index (χ1) is 10.2. The normalized spacial score (nSPS) is 36.9. The molecule has 0 aromatic carbocycles. The minimum absolute atomic E-state index is 0.468. The Morgan fingerprint density at radius 1 is 1.19 bits per heavy atom. The molecule has 0 aromatic heterocycles. The van der Waals surface area contributed by atoms with Crippen molar-refractivity contribution in [2.24, 2.45) is 5.92 Å². The largest absolute Gasteiger partial charge is 0.308 e. The van der Waals surface area contributed by atoms with Crippen molar-refractivity contribution in [3.05, 3.63) is 0 Å². The van der Waals surface area contributed by atoms with E-state index in [-0.39, 0.29) is 0 Å². The summed E-state index contributed by atoms with van der Waals surface area (Å²) in [4.78, 5) is 2.97. The molecule has 3 fully saturated rings. The Balaban J connectivity index is 1.76. The number of piperazine rings is 1. The van der Waals surface area contributed by atoms with Gasteiger partial charge in [-0.2, -0.15) is 11.8 Å². The van der Waals surface area contributed by atoms with Gasteiger partial charge in [0.1, 0.15) is 0 Å². The second-order valence-corrected chi connectivity index (χ2v) is 9.36. The Kier molecular flexibility index (Phi) is 5.23. The van der Waals surface area contributed by atoms with Gasteiger partial charge in [-0.05, 0) is 37.4 Å². The minimum atomic E-state index is 0.468. The van der Waals surface area contributed by atoms with Crippen LogP contribution in [0.5, 0.6) is 0 Å². The Labute approximate surface area is 135 Å². The number of hydrogen-bond acceptors (Lipinski definition) is 3. The van der Waals surface area contributed by atoms with E-state index in [0.29, 0.717) is 5.54 Å². The van der Waals surface area contributed by atoms with E-state index in [1.807, 2.05) is 0 Å². The van der Waals surface area contributed by atoms with E-state index in [2.05, 4.69) is 42.7 Å². The summed E-state index contributed by atoms with van der Waals surface area (Å²) in [5.41, 5.74) is 0.468. The van der Waals surface area contributed by atoms with Crippen molar-refractivity contribution in [3.63, 3.8) is 0 Å². The average molecular weight is 311 g/mol. The van der Waals surface area contributed by atoms with Gasteiger partial charge < -0.3 is 5.32 Å². The van der Waals surface area contributed by atoms with Crippen molar-refractivity contribution in [3.8, 4) is 0 Å². The van der Waals surface area contributed by atoms with Gasteiger partial charge in [-0.15, -0.1) is 0 Å². The smallest absolute Gasteiger partial charge is 0.0309 e. The van der Waals surface area contributed by atoms with Gasteiger partial charge >= 0.3 is 0 Å². The van der Waals surface area contributed by atoms with E-state index in [1.54, 1.807) is 0 Å². The molecule has 1 aliphatic heterocycles. The predicted molar refractivity (Wildman–Crippen MR) is 94.1 cm³/mol. The molecule has 3 rings (SSSR count). The molecular formula is C18H34N2S. The Morgan fingerprint density at radius 2 is 1.95 bits per heavy atom. The van der Waals surface area contributed by atoms with Crippen LogP contribution in [0.2, 0.25) is 0 Å². The molecule has 1 spiro atoms. The summed E-state index contributed by atoms with van der Waals surface area (Å²) >= 11 is 2.22. The van der Waals surface area contributed by atoms with Crippen LogP contribution in [0.3, 0.4) is 0 Å². The van der Waals surface area contributed by atoms with Gasteiger partial charge in [-0.25, -0.2) is 0 Å². The molecule has 122 valence electrons. The van der Waals surface area contributed by atoms with Crippen molar-refractivity contribution in [2.75, 3.05) is 18.8 Å². The van der Waals surface area contributed by atoms with Crippen molar-refractivity contribution in [1.82, 2.24) is 10.2 Å². The first kappa shape index (κ1) is 16.1. The first-order valence-electron chi connectivity index (χ1n) is 9.27. The summed E-state index contributed by atoms with van der Waals surface area (Å²) in [5, 5.41) is 4.87. The second kappa shape index (κ2) is 6.80. The molecule has 3 unspecified atom stereocenters. The van der Waals surface area contributed by atoms with Crippen molar-refractivity contribution < 1.29 is 0 Å². The maximum atomic E-state index is 3.98. The quantitative estimate of drug-likeness (QED) is 0.848. The Morgan fingerprint density at radius 3 is 2.62 bits per heavy atom. The standard InChI is InChI=1S/C18H34N2S/c1-4-21-17-9-7-8-15(17)20-13-18(10-5-6-11-18)19-12-16(20)14(2)3/h14-17,19H,4-13H2,1-3H3. The van der Waals surface area contributed by atoms with Gasteiger partial charge in [-0.3, -0.25) is 4.90 Å². The third kappa shape index (κ3) is 3.30. The van der Waals surface area contributed by atoms with Crippen LogP contribution in [-0.2, 0) is 0 Å². The van der Waals surface area contributed by atoms with Crippen LogP contribution in [0.1, 0.15) is 65.7 Å². The van der Waals surface area contributed by atoms with E-state index in [0.717, 1.165) is 23.3 Å². The Bertz CT molecular complexity index is 338. The second-order valence-electron chi connectivity index (χ2n) is 7.84. The Hall–Kier alpha value is 0.270. The fourth-order valence-electron chi connectivity index (χ4n) is 5.02. The third-order valence-corrected chi connectivity index (χ3v) is 7.46. The summed E-state index contributed by atoms with van der Waals surface area (Å²) in [6.07, 6.45) is 10.0. The topological polar surface area (TPSA) is 15.3 Å². The summed E-state index contributed by atoms with van der Waals surface area (Å²) in [5.74, 6) is 2.05. The monoisotopic (exact) mass is 310 g/mol. The number of rotatable bonds is 4. The zero-order valence-electron chi connectivity index (χ0n) is 14.2. The number of nitrogens with zero attached hydrogens (tertiary/aromatic N) is 1. The van der Waals surface area contributed by atoms with Crippen LogP contribution >= 0.6 is 11.8 Å². The highest BCUT2D eigenvalue weighted by Crippen LogP contribution is 2.40. The fourth-order valence-corrected chi connectivity index (χ4v) is 6.30. The summed E-state index contributed by atoms with van der Waals surface area (Å²) in [6, 6.07) is 1.60. The molecule has 0 amide bonds. The number of thioether (sulfide) groups is 1. The van der Waals surface area contributed by atoms with Gasteiger partial charge in [0.2, 0.25) is 0 Å². The SMILES string of the molecule is CCSC1CCCC1N1CC2(CCCC2)NCC1C(C)C. The van der Waals surface area contributed by atoms with Crippen molar-refractivity contribution >= 4 is 11.8 Å². The van der Waals surface area contributed by atoms with Crippen LogP contribution in [0.25, 0.3) is 0 Å². The van der Waals surface area contributed by atoms with Crippen LogP contribution < -0.4 is 5.32 Å². The zero-order chi connectivity index (χ0) is 14.9. The van der Waals surface area contributed by atoms with Crippen LogP contribution in [-0.4, -0.2) is 46.6 Å². The first-order valence-corrected chi connectivity index (χ1v) is 10.3. The molecule has 3 aliphatic rings.